The van der Waals surface area contributed by atoms with E-state index in [1.54, 1.807) is 0 Å². The number of rotatable bonds is 0. The second kappa shape index (κ2) is 2.25. The van der Waals surface area contributed by atoms with Gasteiger partial charge in [0.1, 0.15) is 0 Å². The first-order valence-electron chi connectivity index (χ1n) is 1.52. The van der Waals surface area contributed by atoms with E-state index in [9.17, 15) is 0 Å². The van der Waals surface area contributed by atoms with Gasteiger partial charge in [-0.15, -0.1) is 0 Å². The molecule has 0 aliphatic rings. The highest BCUT2D eigenvalue weighted by Crippen LogP contribution is 2.32. The van der Waals surface area contributed by atoms with Gasteiger partial charge < -0.3 is 0 Å². The second-order valence-corrected chi connectivity index (χ2v) is 3.38. The number of hydrogen-bond donors (Lipinski definition) is 0. The van der Waals surface area contributed by atoms with Crippen molar-refractivity contribution in [2.45, 2.75) is 3.79 Å². The predicted molar refractivity (Wildman–Crippen MR) is 34.8 cm³/mol. The minimum Gasteiger partial charge on any atom is -0.0956 e. The van der Waals surface area contributed by atoms with Gasteiger partial charge in [0, 0.05) is 0 Å². The summed E-state index contributed by atoms with van der Waals surface area (Å²) in [6, 6.07) is 0. The summed E-state index contributed by atoms with van der Waals surface area (Å²) in [5, 5.41) is 0. The first-order chi connectivity index (χ1) is 2.94. The normalized spacial score (nSPS) is 11.4. The Balaban J connectivity index is 3.79. The minimum atomic E-state index is -1.39. The molecular weight excluding hydrogens is 154 g/mol. The molecule has 0 amide bonds. The lowest BCUT2D eigenvalue weighted by molar-refractivity contribution is 1.35. The van der Waals surface area contributed by atoms with Crippen LogP contribution in [-0.4, -0.2) is 3.79 Å². The average Bonchev–Trinajstić information content (AvgIpc) is 1.31. The van der Waals surface area contributed by atoms with Gasteiger partial charge in [-0.25, -0.2) is 0 Å². The van der Waals surface area contributed by atoms with Gasteiger partial charge in [-0.3, -0.25) is 0 Å². The van der Waals surface area contributed by atoms with E-state index >= 15 is 0 Å². The van der Waals surface area contributed by atoms with Gasteiger partial charge in [-0.1, -0.05) is 41.4 Å². The van der Waals surface area contributed by atoms with E-state index in [4.69, 9.17) is 34.8 Å². The van der Waals surface area contributed by atoms with Crippen molar-refractivity contribution in [3.63, 3.8) is 0 Å². The molecule has 0 aliphatic carbocycles. The lowest BCUT2D eigenvalue weighted by Gasteiger charge is -2.07. The average molecular weight is 158 g/mol. The van der Waals surface area contributed by atoms with Gasteiger partial charge >= 0.3 is 0 Å². The van der Waals surface area contributed by atoms with Crippen LogP contribution in [0.2, 0.25) is 0 Å². The van der Waals surface area contributed by atoms with Gasteiger partial charge in [0.15, 0.2) is 0 Å². The largest absolute Gasteiger partial charge is 0.211 e. The Hall–Kier alpha value is 0.610. The molecule has 0 unspecified atom stereocenters. The fourth-order valence-corrected chi connectivity index (χ4v) is 0. The van der Waals surface area contributed by atoms with E-state index in [1.807, 2.05) is 0 Å². The van der Waals surface area contributed by atoms with E-state index in [0.29, 0.717) is 0 Å². The van der Waals surface area contributed by atoms with Crippen LogP contribution < -0.4 is 0 Å². The molecule has 3 heteroatoms. The molecule has 0 fully saturated rings. The molecule has 0 saturated carbocycles. The summed E-state index contributed by atoms with van der Waals surface area (Å²) in [5.74, 6) is 0. The molecule has 0 aromatic rings. The molecule has 0 bridgehead atoms. The quantitative estimate of drug-likeness (QED) is 0.476. The Morgan fingerprint density at radius 2 is 1.43 bits per heavy atom. The Bertz CT molecular complexity index is 79.4. The van der Waals surface area contributed by atoms with Gasteiger partial charge in [0.2, 0.25) is 3.79 Å². The maximum absolute atomic E-state index is 5.24. The van der Waals surface area contributed by atoms with E-state index in [1.165, 1.54) is 0 Å². The Labute approximate surface area is 58.1 Å². The third kappa shape index (κ3) is 3.22. The SMILES string of the molecule is [CH2]C(=C)C(Cl)(Cl)Cl. The van der Waals surface area contributed by atoms with Crippen molar-refractivity contribution in [2.24, 2.45) is 0 Å². The van der Waals surface area contributed by atoms with Crippen LogP contribution in [0.3, 0.4) is 0 Å². The topological polar surface area (TPSA) is 0 Å². The van der Waals surface area contributed by atoms with Crippen LogP contribution >= 0.6 is 34.8 Å². The van der Waals surface area contributed by atoms with Crippen LogP contribution in [-0.2, 0) is 0 Å². The zero-order chi connectivity index (χ0) is 6.08. The third-order valence-electron chi connectivity index (χ3n) is 0.401. The third-order valence-corrected chi connectivity index (χ3v) is 1.20. The van der Waals surface area contributed by atoms with Crippen LogP contribution in [0.1, 0.15) is 0 Å². The smallest absolute Gasteiger partial charge is 0.0956 e. The molecule has 0 aromatic heterocycles. The molecule has 0 aromatic carbocycles. The highest BCUT2D eigenvalue weighted by Gasteiger charge is 2.19. The Morgan fingerprint density at radius 1 is 1.29 bits per heavy atom. The van der Waals surface area contributed by atoms with Crippen LogP contribution in [0.4, 0.5) is 0 Å². The second-order valence-electron chi connectivity index (χ2n) is 1.10. The van der Waals surface area contributed by atoms with Gasteiger partial charge in [-0.2, -0.15) is 0 Å². The van der Waals surface area contributed by atoms with Crippen LogP contribution in [0.25, 0.3) is 0 Å². The summed E-state index contributed by atoms with van der Waals surface area (Å²) < 4.78 is -1.39. The van der Waals surface area contributed by atoms with Crippen LogP contribution in [0.15, 0.2) is 12.2 Å². The summed E-state index contributed by atoms with van der Waals surface area (Å²) in [7, 11) is 0. The van der Waals surface area contributed by atoms with Crippen molar-refractivity contribution >= 4 is 34.8 Å². The van der Waals surface area contributed by atoms with E-state index in [-0.39, 0.29) is 5.57 Å². The lowest BCUT2D eigenvalue weighted by Crippen LogP contribution is -2.01. The monoisotopic (exact) mass is 157 g/mol. The summed E-state index contributed by atoms with van der Waals surface area (Å²) in [5.41, 5.74) is 0.289. The molecule has 7 heavy (non-hydrogen) atoms. The number of allylic oxidation sites excluding steroid dienone is 1. The van der Waals surface area contributed by atoms with Crippen molar-refractivity contribution in [1.29, 1.82) is 0 Å². The molecule has 0 saturated heterocycles. The molecule has 0 nitrogen and oxygen atoms in total. The van der Waals surface area contributed by atoms with Crippen LogP contribution in [0, 0.1) is 6.92 Å². The van der Waals surface area contributed by atoms with Crippen molar-refractivity contribution in [3.05, 3.63) is 19.1 Å². The Morgan fingerprint density at radius 3 is 1.43 bits per heavy atom. The summed E-state index contributed by atoms with van der Waals surface area (Å²) >= 11 is 15.7. The standard InChI is InChI=1S/C4H4Cl3/c1-3(2)4(5,6)7/h1-2H2. The number of alkyl halides is 3. The van der Waals surface area contributed by atoms with Crippen molar-refractivity contribution in [1.82, 2.24) is 0 Å². The summed E-state index contributed by atoms with van der Waals surface area (Å²) in [6.45, 7) is 6.64. The summed E-state index contributed by atoms with van der Waals surface area (Å²) in [4.78, 5) is 0. The lowest BCUT2D eigenvalue weighted by atomic mass is 10.4. The molecule has 0 aliphatic heterocycles. The van der Waals surface area contributed by atoms with E-state index < -0.39 is 3.79 Å². The van der Waals surface area contributed by atoms with Gasteiger partial charge in [0.25, 0.3) is 0 Å². The van der Waals surface area contributed by atoms with Gasteiger partial charge in [-0.05, 0) is 12.5 Å². The van der Waals surface area contributed by atoms with Gasteiger partial charge in [0.05, 0.1) is 0 Å². The molecular formula is C4H4Cl3. The first-order valence-corrected chi connectivity index (χ1v) is 2.66. The van der Waals surface area contributed by atoms with Crippen molar-refractivity contribution < 1.29 is 0 Å². The number of hydrogen-bond acceptors (Lipinski definition) is 0. The summed E-state index contributed by atoms with van der Waals surface area (Å²) in [6.07, 6.45) is 0. The maximum Gasteiger partial charge on any atom is 0.211 e. The minimum absolute atomic E-state index is 0.289. The number of halogens is 3. The highest BCUT2D eigenvalue weighted by atomic mass is 35.6. The molecule has 0 atom stereocenters. The zero-order valence-electron chi connectivity index (χ0n) is 3.55. The van der Waals surface area contributed by atoms with Crippen LogP contribution in [0.5, 0.6) is 0 Å². The first kappa shape index (κ1) is 7.61. The Kier molecular flexibility index (Phi) is 2.45. The predicted octanol–water partition coefficient (Wildman–Crippen LogP) is 2.75. The molecule has 0 heterocycles. The van der Waals surface area contributed by atoms with E-state index in [0.717, 1.165) is 0 Å². The van der Waals surface area contributed by atoms with Crippen molar-refractivity contribution in [3.8, 4) is 0 Å². The molecule has 1 radical (unpaired) electrons. The molecule has 0 N–H and O–H groups in total. The zero-order valence-corrected chi connectivity index (χ0v) is 5.82. The van der Waals surface area contributed by atoms with E-state index in [2.05, 4.69) is 13.5 Å². The fourth-order valence-electron chi connectivity index (χ4n) is 0. The highest BCUT2D eigenvalue weighted by molar-refractivity contribution is 6.69. The molecule has 0 spiro atoms. The molecule has 41 valence electrons. The van der Waals surface area contributed by atoms with Crippen molar-refractivity contribution in [2.75, 3.05) is 0 Å². The molecule has 0 rings (SSSR count). The fraction of sp³-hybridized carbons (Fsp3) is 0.250. The maximum atomic E-state index is 5.24.